The Hall–Kier alpha value is -0.370. The quantitative estimate of drug-likeness (QED) is 0.690. The van der Waals surface area contributed by atoms with E-state index in [0.717, 1.165) is 25.7 Å². The Morgan fingerprint density at radius 3 is 2.57 bits per heavy atom. The predicted octanol–water partition coefficient (Wildman–Crippen LogP) is -0.258. The highest BCUT2D eigenvalue weighted by Gasteiger charge is 2.37. The first-order valence-corrected chi connectivity index (χ1v) is 9.56. The Kier molecular flexibility index (Phi) is 5.51. The van der Waals surface area contributed by atoms with Gasteiger partial charge in [0.05, 0.1) is 35.6 Å². The van der Waals surface area contributed by atoms with Crippen LogP contribution in [0.1, 0.15) is 25.7 Å². The number of carbonyl (C=O) groups is 1. The van der Waals surface area contributed by atoms with Gasteiger partial charge in [0.2, 0.25) is 5.91 Å². The number of halogens is 1. The van der Waals surface area contributed by atoms with Gasteiger partial charge in [-0.2, -0.15) is 0 Å². The van der Waals surface area contributed by atoms with Crippen LogP contribution < -0.4 is 5.32 Å². The van der Waals surface area contributed by atoms with Crippen molar-refractivity contribution in [1.82, 2.24) is 10.2 Å². The highest BCUT2D eigenvalue weighted by molar-refractivity contribution is 7.91. The zero-order chi connectivity index (χ0) is 15.6. The molecule has 0 spiro atoms. The van der Waals surface area contributed by atoms with Crippen LogP contribution in [0.25, 0.3) is 0 Å². The number of nitrogens with one attached hydrogen (secondary N) is 1. The molecule has 1 saturated heterocycles. The van der Waals surface area contributed by atoms with Gasteiger partial charge in [-0.3, -0.25) is 9.69 Å². The van der Waals surface area contributed by atoms with E-state index in [1.165, 1.54) is 0 Å². The number of hydrogen-bond acceptors (Lipinski definition) is 5. The van der Waals surface area contributed by atoms with E-state index in [1.807, 2.05) is 11.9 Å². The summed E-state index contributed by atoms with van der Waals surface area (Å²) in [5.74, 6) is -0.428. The van der Waals surface area contributed by atoms with Crippen molar-refractivity contribution in [2.45, 2.75) is 49.2 Å². The topological polar surface area (TPSA) is 86.7 Å². The van der Waals surface area contributed by atoms with Gasteiger partial charge in [0.15, 0.2) is 9.84 Å². The van der Waals surface area contributed by atoms with Gasteiger partial charge >= 0.3 is 0 Å². The van der Waals surface area contributed by atoms with Crippen molar-refractivity contribution < 1.29 is 18.3 Å². The number of amides is 1. The van der Waals surface area contributed by atoms with Crippen LogP contribution in [-0.4, -0.2) is 73.0 Å². The maximum Gasteiger partial charge on any atom is 0.234 e. The highest BCUT2D eigenvalue weighted by atomic mass is 35.5. The molecule has 6 nitrogen and oxygen atoms in total. The van der Waals surface area contributed by atoms with Gasteiger partial charge in [0, 0.05) is 6.04 Å². The van der Waals surface area contributed by atoms with Crippen LogP contribution in [-0.2, 0) is 14.6 Å². The summed E-state index contributed by atoms with van der Waals surface area (Å²) in [7, 11) is -1.34. The van der Waals surface area contributed by atoms with Crippen LogP contribution in [0.2, 0.25) is 0 Å². The number of sulfone groups is 1. The third-order valence-electron chi connectivity index (χ3n) is 4.28. The van der Waals surface area contributed by atoms with Crippen LogP contribution in [0.4, 0.5) is 0 Å². The highest BCUT2D eigenvalue weighted by Crippen LogP contribution is 2.22. The molecule has 4 unspecified atom stereocenters. The third-order valence-corrected chi connectivity index (χ3v) is 6.66. The average molecular weight is 339 g/mol. The van der Waals surface area contributed by atoms with Crippen molar-refractivity contribution in [3.05, 3.63) is 0 Å². The molecule has 2 aliphatic rings. The second-order valence-corrected chi connectivity index (χ2v) is 8.82. The van der Waals surface area contributed by atoms with E-state index < -0.39 is 27.4 Å². The minimum atomic E-state index is -3.15. The van der Waals surface area contributed by atoms with E-state index in [1.54, 1.807) is 0 Å². The molecule has 1 aliphatic carbocycles. The van der Waals surface area contributed by atoms with Gasteiger partial charge in [0.1, 0.15) is 0 Å². The number of aliphatic hydroxyl groups is 1. The van der Waals surface area contributed by atoms with Crippen molar-refractivity contribution >= 4 is 27.3 Å². The van der Waals surface area contributed by atoms with Crippen molar-refractivity contribution in [3.63, 3.8) is 0 Å². The summed E-state index contributed by atoms with van der Waals surface area (Å²) in [6.07, 6.45) is 3.32. The molecule has 0 aromatic rings. The molecule has 0 bridgehead atoms. The lowest BCUT2D eigenvalue weighted by Gasteiger charge is -2.35. The lowest BCUT2D eigenvalue weighted by molar-refractivity contribution is -0.123. The van der Waals surface area contributed by atoms with E-state index >= 15 is 0 Å². The maximum atomic E-state index is 12.0. The van der Waals surface area contributed by atoms with Crippen LogP contribution in [0.15, 0.2) is 0 Å². The minimum Gasteiger partial charge on any atom is -0.391 e. The Morgan fingerprint density at radius 2 is 2.00 bits per heavy atom. The molecular formula is C13H23ClN2O4S. The lowest BCUT2D eigenvalue weighted by atomic mass is 9.91. The molecule has 4 atom stereocenters. The fraction of sp³-hybridized carbons (Fsp3) is 0.923. The number of rotatable bonds is 4. The predicted molar refractivity (Wildman–Crippen MR) is 81.1 cm³/mol. The fourth-order valence-electron chi connectivity index (χ4n) is 3.14. The number of hydrogen-bond donors (Lipinski definition) is 2. The largest absolute Gasteiger partial charge is 0.391 e. The second-order valence-electron chi connectivity index (χ2n) is 6.10. The SMILES string of the molecule is CN(CC(=O)NC1CS(=O)(=O)CC1Cl)C1CCCCC1O. The second kappa shape index (κ2) is 6.81. The zero-order valence-corrected chi connectivity index (χ0v) is 13.7. The molecule has 1 heterocycles. The molecule has 2 N–H and O–H groups in total. The van der Waals surface area contributed by atoms with Crippen molar-refractivity contribution in [2.24, 2.45) is 0 Å². The molecular weight excluding hydrogens is 316 g/mol. The number of nitrogens with zero attached hydrogens (tertiary/aromatic N) is 1. The smallest absolute Gasteiger partial charge is 0.234 e. The summed E-state index contributed by atoms with van der Waals surface area (Å²) < 4.78 is 22.9. The Balaban J connectivity index is 1.84. The molecule has 8 heteroatoms. The Bertz CT molecular complexity index is 485. The fourth-order valence-corrected chi connectivity index (χ4v) is 5.69. The number of aliphatic hydroxyl groups excluding tert-OH is 1. The first-order chi connectivity index (χ1) is 9.78. The van der Waals surface area contributed by atoms with Gasteiger partial charge in [-0.25, -0.2) is 8.42 Å². The summed E-state index contributed by atoms with van der Waals surface area (Å²) in [5.41, 5.74) is 0. The molecule has 0 aromatic heterocycles. The molecule has 0 aromatic carbocycles. The summed E-state index contributed by atoms with van der Waals surface area (Å²) in [4.78, 5) is 13.9. The number of alkyl halides is 1. The van der Waals surface area contributed by atoms with Gasteiger partial charge in [-0.05, 0) is 19.9 Å². The number of likely N-dealkylation sites (N-methyl/N-ethyl adjacent to an activating group) is 1. The lowest BCUT2D eigenvalue weighted by Crippen LogP contribution is -2.50. The molecule has 0 radical (unpaired) electrons. The summed E-state index contributed by atoms with van der Waals surface area (Å²) in [5, 5.41) is 12.1. The van der Waals surface area contributed by atoms with E-state index in [2.05, 4.69) is 5.32 Å². The summed E-state index contributed by atoms with van der Waals surface area (Å²) >= 11 is 5.97. The zero-order valence-electron chi connectivity index (χ0n) is 12.2. The maximum absolute atomic E-state index is 12.0. The normalized spacial score (nSPS) is 35.8. The van der Waals surface area contributed by atoms with Gasteiger partial charge in [-0.15, -0.1) is 11.6 Å². The Morgan fingerprint density at radius 1 is 1.33 bits per heavy atom. The average Bonchev–Trinajstić information content (AvgIpc) is 2.62. The van der Waals surface area contributed by atoms with Gasteiger partial charge in [0.25, 0.3) is 0 Å². The molecule has 21 heavy (non-hydrogen) atoms. The molecule has 2 rings (SSSR count). The Labute approximate surface area is 130 Å². The van der Waals surface area contributed by atoms with E-state index in [0.29, 0.717) is 0 Å². The van der Waals surface area contributed by atoms with E-state index in [9.17, 15) is 18.3 Å². The molecule has 1 aliphatic heterocycles. The van der Waals surface area contributed by atoms with Gasteiger partial charge < -0.3 is 10.4 Å². The first kappa shape index (κ1) is 17.0. The minimum absolute atomic E-state index is 0.0105. The van der Waals surface area contributed by atoms with Crippen LogP contribution in [0, 0.1) is 0 Å². The van der Waals surface area contributed by atoms with Crippen LogP contribution >= 0.6 is 11.6 Å². The molecule has 122 valence electrons. The summed E-state index contributed by atoms with van der Waals surface area (Å²) in [6, 6.07) is -0.530. The van der Waals surface area contributed by atoms with E-state index in [4.69, 9.17) is 11.6 Å². The van der Waals surface area contributed by atoms with Crippen molar-refractivity contribution in [3.8, 4) is 0 Å². The molecule has 1 saturated carbocycles. The van der Waals surface area contributed by atoms with Crippen molar-refractivity contribution in [1.29, 1.82) is 0 Å². The van der Waals surface area contributed by atoms with Gasteiger partial charge in [-0.1, -0.05) is 12.8 Å². The third kappa shape index (κ3) is 4.55. The molecule has 1 amide bonds. The summed E-state index contributed by atoms with van der Waals surface area (Å²) in [6.45, 7) is 0.141. The number of carbonyl (C=O) groups excluding carboxylic acids is 1. The van der Waals surface area contributed by atoms with Crippen LogP contribution in [0.5, 0.6) is 0 Å². The first-order valence-electron chi connectivity index (χ1n) is 7.30. The monoisotopic (exact) mass is 338 g/mol. The van der Waals surface area contributed by atoms with Crippen molar-refractivity contribution in [2.75, 3.05) is 25.1 Å². The molecule has 2 fully saturated rings. The van der Waals surface area contributed by atoms with E-state index in [-0.39, 0.29) is 30.0 Å². The van der Waals surface area contributed by atoms with Crippen LogP contribution in [0.3, 0.4) is 0 Å². The standard InChI is InChI=1S/C13H23ClN2O4S/c1-16(11-4-2-3-5-12(11)17)6-13(18)15-10-8-21(19,20)7-9(10)14/h9-12,17H,2-8H2,1H3,(H,15,18).